The molecule has 4 nitrogen and oxygen atoms in total. The van der Waals surface area contributed by atoms with Gasteiger partial charge in [-0.25, -0.2) is 10.0 Å². The number of halogens is 2. The van der Waals surface area contributed by atoms with E-state index in [0.29, 0.717) is 5.06 Å². The van der Waals surface area contributed by atoms with Gasteiger partial charge in [0.2, 0.25) is 0 Å². The maximum Gasteiger partial charge on any atom is 0.278 e. The first kappa shape index (κ1) is 11.2. The highest BCUT2D eigenvalue weighted by molar-refractivity contribution is 6.35. The number of carbonyl (C=O) groups is 1. The molecule has 0 unspecified atom stereocenters. The van der Waals surface area contributed by atoms with Crippen LogP contribution in [0.2, 0.25) is 10.2 Å². The molecule has 0 bridgehead atoms. The second kappa shape index (κ2) is 4.59. The summed E-state index contributed by atoms with van der Waals surface area (Å²) in [6.45, 7) is 1.81. The number of hydroxylamine groups is 2. The van der Waals surface area contributed by atoms with E-state index in [2.05, 4.69) is 4.98 Å². The van der Waals surface area contributed by atoms with Crippen molar-refractivity contribution in [2.45, 2.75) is 6.92 Å². The van der Waals surface area contributed by atoms with E-state index in [9.17, 15) is 4.79 Å². The van der Waals surface area contributed by atoms with Gasteiger partial charge in [0.1, 0.15) is 5.15 Å². The Labute approximate surface area is 91.0 Å². The molecule has 0 aliphatic heterocycles. The number of carbonyl (C=O) groups excluding carboxylic acids is 1. The first-order valence-corrected chi connectivity index (χ1v) is 4.63. The standard InChI is InChI=1S/C8H8Cl2N2O2/c1-2-12(14)8(13)5-3-7(10)11-4-6(5)9/h3-4,14H,2H2,1H3. The summed E-state index contributed by atoms with van der Waals surface area (Å²) in [5, 5.41) is 10.0. The smallest absolute Gasteiger partial charge is 0.278 e. The van der Waals surface area contributed by atoms with Gasteiger partial charge in [-0.05, 0) is 13.0 Å². The van der Waals surface area contributed by atoms with Crippen LogP contribution in [0.1, 0.15) is 17.3 Å². The highest BCUT2D eigenvalue weighted by atomic mass is 35.5. The minimum Gasteiger partial charge on any atom is -0.286 e. The number of aromatic nitrogens is 1. The van der Waals surface area contributed by atoms with Gasteiger partial charge >= 0.3 is 0 Å². The SMILES string of the molecule is CCN(O)C(=O)c1cc(Cl)ncc1Cl. The number of rotatable bonds is 2. The van der Waals surface area contributed by atoms with Gasteiger partial charge in [-0.3, -0.25) is 10.0 Å². The second-order valence-electron chi connectivity index (χ2n) is 2.51. The molecular formula is C8H8Cl2N2O2. The van der Waals surface area contributed by atoms with Crippen molar-refractivity contribution in [1.82, 2.24) is 10.0 Å². The summed E-state index contributed by atoms with van der Waals surface area (Å²) in [7, 11) is 0. The lowest BCUT2D eigenvalue weighted by atomic mass is 10.2. The Bertz CT molecular complexity index is 357. The summed E-state index contributed by atoms with van der Waals surface area (Å²) in [6.07, 6.45) is 1.26. The van der Waals surface area contributed by atoms with Crippen molar-refractivity contribution in [2.24, 2.45) is 0 Å². The number of amides is 1. The average molecular weight is 235 g/mol. The van der Waals surface area contributed by atoms with E-state index in [0.717, 1.165) is 0 Å². The fraction of sp³-hybridized carbons (Fsp3) is 0.250. The van der Waals surface area contributed by atoms with Crippen molar-refractivity contribution in [3.63, 3.8) is 0 Å². The third-order valence-corrected chi connectivity index (χ3v) is 2.09. The fourth-order valence-electron chi connectivity index (χ4n) is 0.860. The molecule has 0 saturated heterocycles. The van der Waals surface area contributed by atoms with Gasteiger partial charge in [-0.2, -0.15) is 0 Å². The van der Waals surface area contributed by atoms with Gasteiger partial charge < -0.3 is 0 Å². The Morgan fingerprint density at radius 2 is 2.29 bits per heavy atom. The van der Waals surface area contributed by atoms with Crippen molar-refractivity contribution in [1.29, 1.82) is 0 Å². The summed E-state index contributed by atoms with van der Waals surface area (Å²) in [5.41, 5.74) is 0.135. The van der Waals surface area contributed by atoms with E-state index in [4.69, 9.17) is 28.4 Å². The maximum absolute atomic E-state index is 11.5. The maximum atomic E-state index is 11.5. The highest BCUT2D eigenvalue weighted by Crippen LogP contribution is 2.19. The third-order valence-electron chi connectivity index (χ3n) is 1.59. The van der Waals surface area contributed by atoms with Crippen LogP contribution in [0.25, 0.3) is 0 Å². The van der Waals surface area contributed by atoms with Crippen LogP contribution in [0.4, 0.5) is 0 Å². The Morgan fingerprint density at radius 1 is 1.64 bits per heavy atom. The van der Waals surface area contributed by atoms with E-state index in [1.807, 2.05) is 0 Å². The van der Waals surface area contributed by atoms with E-state index < -0.39 is 5.91 Å². The molecule has 1 rings (SSSR count). The van der Waals surface area contributed by atoms with Crippen LogP contribution in [-0.4, -0.2) is 27.7 Å². The molecule has 1 N–H and O–H groups in total. The fourth-order valence-corrected chi connectivity index (χ4v) is 1.20. The zero-order valence-electron chi connectivity index (χ0n) is 7.37. The summed E-state index contributed by atoms with van der Waals surface area (Å²) < 4.78 is 0. The van der Waals surface area contributed by atoms with Crippen LogP contribution in [0.5, 0.6) is 0 Å². The van der Waals surface area contributed by atoms with Crippen molar-refractivity contribution in [3.8, 4) is 0 Å². The molecule has 0 radical (unpaired) electrons. The zero-order valence-corrected chi connectivity index (χ0v) is 8.88. The molecule has 1 heterocycles. The van der Waals surface area contributed by atoms with Crippen molar-refractivity contribution in [3.05, 3.63) is 28.0 Å². The molecule has 1 aromatic heterocycles. The minimum atomic E-state index is -0.596. The second-order valence-corrected chi connectivity index (χ2v) is 3.30. The zero-order chi connectivity index (χ0) is 10.7. The number of hydrogen-bond donors (Lipinski definition) is 1. The lowest BCUT2D eigenvalue weighted by molar-refractivity contribution is -0.0541. The first-order chi connectivity index (χ1) is 6.56. The summed E-state index contributed by atoms with van der Waals surface area (Å²) in [4.78, 5) is 15.1. The predicted molar refractivity (Wildman–Crippen MR) is 52.8 cm³/mol. The van der Waals surface area contributed by atoms with E-state index in [1.54, 1.807) is 6.92 Å². The lowest BCUT2D eigenvalue weighted by Gasteiger charge is -2.12. The van der Waals surface area contributed by atoms with Crippen LogP contribution in [0.15, 0.2) is 12.3 Å². The van der Waals surface area contributed by atoms with Crippen LogP contribution in [0, 0.1) is 0 Å². The third kappa shape index (κ3) is 2.35. The lowest BCUT2D eigenvalue weighted by Crippen LogP contribution is -2.27. The molecule has 0 atom stereocenters. The molecule has 0 spiro atoms. The molecule has 1 aromatic rings. The highest BCUT2D eigenvalue weighted by Gasteiger charge is 2.16. The number of nitrogens with zero attached hydrogens (tertiary/aromatic N) is 2. The van der Waals surface area contributed by atoms with Crippen molar-refractivity contribution >= 4 is 29.1 Å². The molecule has 1 amide bonds. The average Bonchev–Trinajstić information content (AvgIpc) is 2.19. The number of hydrogen-bond acceptors (Lipinski definition) is 3. The van der Waals surface area contributed by atoms with Crippen molar-refractivity contribution < 1.29 is 10.0 Å². The Kier molecular flexibility index (Phi) is 3.69. The van der Waals surface area contributed by atoms with Crippen LogP contribution in [-0.2, 0) is 0 Å². The topological polar surface area (TPSA) is 53.4 Å². The summed E-state index contributed by atoms with van der Waals surface area (Å²) in [6, 6.07) is 1.31. The van der Waals surface area contributed by atoms with Crippen LogP contribution < -0.4 is 0 Å². The van der Waals surface area contributed by atoms with Crippen LogP contribution in [0.3, 0.4) is 0 Å². The van der Waals surface area contributed by atoms with Crippen LogP contribution >= 0.6 is 23.2 Å². The minimum absolute atomic E-state index is 0.135. The Hall–Kier alpha value is -0.840. The Morgan fingerprint density at radius 3 is 2.86 bits per heavy atom. The Balaban J connectivity index is 3.06. The molecule has 0 aliphatic carbocycles. The van der Waals surface area contributed by atoms with Gasteiger partial charge in [0.05, 0.1) is 10.6 Å². The molecular weight excluding hydrogens is 227 g/mol. The van der Waals surface area contributed by atoms with Gasteiger partial charge in [-0.15, -0.1) is 0 Å². The van der Waals surface area contributed by atoms with Gasteiger partial charge in [-0.1, -0.05) is 23.2 Å². The number of pyridine rings is 1. The van der Waals surface area contributed by atoms with Gasteiger partial charge in [0.25, 0.3) is 5.91 Å². The predicted octanol–water partition coefficient (Wildman–Crippen LogP) is 2.24. The van der Waals surface area contributed by atoms with Gasteiger partial charge in [0, 0.05) is 12.7 Å². The molecule has 0 fully saturated rings. The first-order valence-electron chi connectivity index (χ1n) is 3.88. The molecule has 0 saturated carbocycles. The monoisotopic (exact) mass is 234 g/mol. The molecule has 6 heteroatoms. The van der Waals surface area contributed by atoms with E-state index >= 15 is 0 Å². The molecule has 0 aromatic carbocycles. The molecule has 14 heavy (non-hydrogen) atoms. The van der Waals surface area contributed by atoms with Crippen molar-refractivity contribution in [2.75, 3.05) is 6.54 Å². The molecule has 0 aliphatic rings. The summed E-state index contributed by atoms with van der Waals surface area (Å²) >= 11 is 11.3. The molecule has 76 valence electrons. The largest absolute Gasteiger partial charge is 0.286 e. The quantitative estimate of drug-likeness (QED) is 0.485. The van der Waals surface area contributed by atoms with E-state index in [-0.39, 0.29) is 22.3 Å². The summed E-state index contributed by atoms with van der Waals surface area (Å²) in [5.74, 6) is -0.596. The van der Waals surface area contributed by atoms with E-state index in [1.165, 1.54) is 12.3 Å². The normalized spacial score (nSPS) is 10.0. The van der Waals surface area contributed by atoms with Gasteiger partial charge in [0.15, 0.2) is 0 Å².